The Kier molecular flexibility index (Phi) is 5.05. The molecule has 1 aliphatic heterocycles. The lowest BCUT2D eigenvalue weighted by Crippen LogP contribution is -2.58. The van der Waals surface area contributed by atoms with Crippen molar-refractivity contribution in [1.82, 2.24) is 0 Å². The van der Waals surface area contributed by atoms with Crippen molar-refractivity contribution < 1.29 is 30.0 Å². The van der Waals surface area contributed by atoms with Crippen molar-refractivity contribution in [3.8, 4) is 0 Å². The second-order valence-corrected chi connectivity index (χ2v) is 4.45. The first-order valence-corrected chi connectivity index (χ1v) is 6.18. The third kappa shape index (κ3) is 3.33. The van der Waals surface area contributed by atoms with Gasteiger partial charge >= 0.3 is 0 Å². The van der Waals surface area contributed by atoms with Gasteiger partial charge in [0.2, 0.25) is 0 Å². The molecule has 1 heterocycles. The Morgan fingerprint density at radius 2 is 1.80 bits per heavy atom. The third-order valence-corrected chi connectivity index (χ3v) is 3.01. The number of nitrogens with zero attached hydrogens (tertiary/aromatic N) is 1. The van der Waals surface area contributed by atoms with Crippen molar-refractivity contribution in [2.45, 2.75) is 30.7 Å². The minimum absolute atomic E-state index is 0.507. The molecule has 1 aromatic rings. The highest BCUT2D eigenvalue weighted by Crippen LogP contribution is 2.21. The number of oxime groups is 1. The number of aliphatic hydroxyl groups is 4. The summed E-state index contributed by atoms with van der Waals surface area (Å²) in [6.45, 7) is -0.507. The Labute approximate surface area is 115 Å². The molecule has 7 heteroatoms. The maximum absolute atomic E-state index is 9.70. The van der Waals surface area contributed by atoms with E-state index >= 15 is 0 Å². The molecule has 0 bridgehead atoms. The van der Waals surface area contributed by atoms with Crippen LogP contribution in [-0.2, 0) is 9.57 Å². The predicted octanol–water partition coefficient (Wildman–Crippen LogP) is -1.16. The Bertz CT molecular complexity index is 438. The molecule has 1 aliphatic rings. The average Bonchev–Trinajstić information content (AvgIpc) is 2.48. The molecule has 0 saturated carbocycles. The molecule has 0 aliphatic carbocycles. The largest absolute Gasteiger partial charge is 0.394 e. The van der Waals surface area contributed by atoms with Crippen LogP contribution in [0.5, 0.6) is 0 Å². The Balaban J connectivity index is 1.96. The summed E-state index contributed by atoms with van der Waals surface area (Å²) >= 11 is 0. The van der Waals surface area contributed by atoms with Gasteiger partial charge in [-0.05, 0) is 5.56 Å². The monoisotopic (exact) mass is 283 g/mol. The zero-order chi connectivity index (χ0) is 14.5. The standard InChI is InChI=1S/C13H17NO6/c15-7-9-10(16)11(17)12(18)13(19-9)20-14-6-8-4-2-1-3-5-8/h1-6,9-13,15-18H,7H2/b14-6+/t9?,10?,11-,12?,13-/m0/s1. The molecule has 4 N–H and O–H groups in total. The van der Waals surface area contributed by atoms with Crippen molar-refractivity contribution >= 4 is 6.21 Å². The summed E-state index contributed by atoms with van der Waals surface area (Å²) in [7, 11) is 0. The molecule has 0 aromatic heterocycles. The van der Waals surface area contributed by atoms with E-state index in [1.165, 1.54) is 6.21 Å². The number of ether oxygens (including phenoxy) is 1. The van der Waals surface area contributed by atoms with E-state index < -0.39 is 37.3 Å². The molecule has 2 rings (SSSR count). The zero-order valence-electron chi connectivity index (χ0n) is 10.6. The summed E-state index contributed by atoms with van der Waals surface area (Å²) in [5, 5.41) is 41.5. The molecule has 110 valence electrons. The fraction of sp³-hybridized carbons (Fsp3) is 0.462. The summed E-state index contributed by atoms with van der Waals surface area (Å²) in [5.74, 6) is 0. The van der Waals surface area contributed by atoms with Gasteiger partial charge in [0.15, 0.2) is 0 Å². The first-order valence-electron chi connectivity index (χ1n) is 6.18. The Morgan fingerprint density at radius 1 is 1.10 bits per heavy atom. The Morgan fingerprint density at radius 3 is 2.45 bits per heavy atom. The summed E-state index contributed by atoms with van der Waals surface area (Å²) in [6.07, 6.45) is -5.19. The lowest BCUT2D eigenvalue weighted by atomic mass is 9.99. The van der Waals surface area contributed by atoms with E-state index in [1.54, 1.807) is 12.1 Å². The predicted molar refractivity (Wildman–Crippen MR) is 68.9 cm³/mol. The van der Waals surface area contributed by atoms with Gasteiger partial charge in [-0.1, -0.05) is 35.5 Å². The van der Waals surface area contributed by atoms with Crippen molar-refractivity contribution in [3.05, 3.63) is 35.9 Å². The van der Waals surface area contributed by atoms with Crippen LogP contribution < -0.4 is 0 Å². The number of rotatable bonds is 4. The molecule has 5 atom stereocenters. The number of hydrogen-bond acceptors (Lipinski definition) is 7. The molecule has 1 aromatic carbocycles. The second-order valence-electron chi connectivity index (χ2n) is 4.45. The SMILES string of the molecule is OCC1O[C@@H](O/N=C/c2ccccc2)C(O)[C@@H](O)C1O. The minimum Gasteiger partial charge on any atom is -0.394 e. The van der Waals surface area contributed by atoms with Crippen molar-refractivity contribution in [3.63, 3.8) is 0 Å². The van der Waals surface area contributed by atoms with Crippen LogP contribution in [0.25, 0.3) is 0 Å². The van der Waals surface area contributed by atoms with E-state index in [0.717, 1.165) is 5.56 Å². The van der Waals surface area contributed by atoms with Crippen LogP contribution in [0.15, 0.2) is 35.5 Å². The molecule has 20 heavy (non-hydrogen) atoms. The molecular formula is C13H17NO6. The smallest absolute Gasteiger partial charge is 0.256 e. The molecule has 1 saturated heterocycles. The van der Waals surface area contributed by atoms with E-state index in [1.807, 2.05) is 18.2 Å². The van der Waals surface area contributed by atoms with Gasteiger partial charge in [0, 0.05) is 0 Å². The fourth-order valence-corrected chi connectivity index (χ4v) is 1.84. The van der Waals surface area contributed by atoms with E-state index in [0.29, 0.717) is 0 Å². The normalized spacial score (nSPS) is 34.3. The zero-order valence-corrected chi connectivity index (χ0v) is 10.6. The van der Waals surface area contributed by atoms with Gasteiger partial charge in [0.1, 0.15) is 24.4 Å². The van der Waals surface area contributed by atoms with Crippen molar-refractivity contribution in [2.75, 3.05) is 6.61 Å². The maximum atomic E-state index is 9.70. The molecular weight excluding hydrogens is 266 g/mol. The van der Waals surface area contributed by atoms with E-state index in [-0.39, 0.29) is 0 Å². The summed E-state index contributed by atoms with van der Waals surface area (Å²) < 4.78 is 5.12. The minimum atomic E-state index is -1.47. The lowest BCUT2D eigenvalue weighted by Gasteiger charge is -2.38. The maximum Gasteiger partial charge on any atom is 0.256 e. The van der Waals surface area contributed by atoms with Gasteiger partial charge in [0.05, 0.1) is 12.8 Å². The van der Waals surface area contributed by atoms with Gasteiger partial charge in [-0.2, -0.15) is 0 Å². The molecule has 0 radical (unpaired) electrons. The summed E-state index contributed by atoms with van der Waals surface area (Å²) in [5.41, 5.74) is 0.789. The fourth-order valence-electron chi connectivity index (χ4n) is 1.84. The molecule has 1 fully saturated rings. The molecule has 0 amide bonds. The van der Waals surface area contributed by atoms with E-state index in [9.17, 15) is 15.3 Å². The third-order valence-electron chi connectivity index (χ3n) is 3.01. The van der Waals surface area contributed by atoms with Crippen LogP contribution >= 0.6 is 0 Å². The van der Waals surface area contributed by atoms with Crippen LogP contribution in [0.4, 0.5) is 0 Å². The number of aliphatic hydroxyl groups excluding tert-OH is 4. The first kappa shape index (κ1) is 14.9. The van der Waals surface area contributed by atoms with Gasteiger partial charge in [-0.3, -0.25) is 0 Å². The van der Waals surface area contributed by atoms with Crippen LogP contribution in [0, 0.1) is 0 Å². The lowest BCUT2D eigenvalue weighted by molar-refractivity contribution is -0.301. The van der Waals surface area contributed by atoms with Crippen LogP contribution in [0.3, 0.4) is 0 Å². The number of benzene rings is 1. The topological polar surface area (TPSA) is 112 Å². The highest BCUT2D eigenvalue weighted by Gasteiger charge is 2.44. The quantitative estimate of drug-likeness (QED) is 0.409. The molecule has 3 unspecified atom stereocenters. The van der Waals surface area contributed by atoms with Crippen LogP contribution in [0.2, 0.25) is 0 Å². The van der Waals surface area contributed by atoms with Gasteiger partial charge < -0.3 is 30.0 Å². The van der Waals surface area contributed by atoms with Crippen molar-refractivity contribution in [1.29, 1.82) is 0 Å². The second kappa shape index (κ2) is 6.78. The highest BCUT2D eigenvalue weighted by atomic mass is 16.8. The van der Waals surface area contributed by atoms with E-state index in [2.05, 4.69) is 5.16 Å². The van der Waals surface area contributed by atoms with Gasteiger partial charge in [-0.15, -0.1) is 0 Å². The highest BCUT2D eigenvalue weighted by molar-refractivity contribution is 5.78. The average molecular weight is 283 g/mol. The van der Waals surface area contributed by atoms with Crippen LogP contribution in [0.1, 0.15) is 5.56 Å². The summed E-state index contributed by atoms with van der Waals surface area (Å²) in [4.78, 5) is 4.96. The van der Waals surface area contributed by atoms with E-state index in [4.69, 9.17) is 14.7 Å². The number of hydrogen-bond donors (Lipinski definition) is 4. The molecule has 0 spiro atoms. The summed E-state index contributed by atoms with van der Waals surface area (Å²) in [6, 6.07) is 9.13. The first-order chi connectivity index (χ1) is 9.63. The van der Waals surface area contributed by atoms with Gasteiger partial charge in [0.25, 0.3) is 6.29 Å². The van der Waals surface area contributed by atoms with Crippen LogP contribution in [-0.4, -0.2) is 64.0 Å². The van der Waals surface area contributed by atoms with Gasteiger partial charge in [-0.25, -0.2) is 0 Å². The Hall–Kier alpha value is -1.51. The van der Waals surface area contributed by atoms with Crippen molar-refractivity contribution in [2.24, 2.45) is 5.16 Å². The molecule has 7 nitrogen and oxygen atoms in total.